The fourth-order valence-corrected chi connectivity index (χ4v) is 3.37. The summed E-state index contributed by atoms with van der Waals surface area (Å²) in [6, 6.07) is 5.01. The van der Waals surface area contributed by atoms with Crippen LogP contribution in [0.2, 0.25) is 0 Å². The van der Waals surface area contributed by atoms with Crippen LogP contribution in [-0.2, 0) is 21.0 Å². The van der Waals surface area contributed by atoms with E-state index in [9.17, 15) is 8.42 Å². The van der Waals surface area contributed by atoms with Crippen LogP contribution in [-0.4, -0.2) is 37.4 Å². The van der Waals surface area contributed by atoms with Gasteiger partial charge in [0.25, 0.3) is 0 Å². The smallest absolute Gasteiger partial charge is 0.175 e. The summed E-state index contributed by atoms with van der Waals surface area (Å²) in [6.45, 7) is 0.864. The molecular formula is C15H20N2O3S. The molecule has 114 valence electrons. The number of nitrogens with zero attached hydrogens (tertiary/aromatic N) is 1. The molecule has 2 aromatic rings. The maximum Gasteiger partial charge on any atom is 0.175 e. The molecule has 0 spiro atoms. The van der Waals surface area contributed by atoms with E-state index in [4.69, 9.17) is 4.74 Å². The zero-order chi connectivity index (χ0) is 14.9. The van der Waals surface area contributed by atoms with Gasteiger partial charge in [-0.3, -0.25) is 0 Å². The SMILES string of the molecule is CS(=O)(=O)c1ccc2nc(CCC3CCCCO3)[nH]c2c1. The predicted molar refractivity (Wildman–Crippen MR) is 81.1 cm³/mol. The summed E-state index contributed by atoms with van der Waals surface area (Å²) in [5.41, 5.74) is 1.58. The average molecular weight is 308 g/mol. The van der Waals surface area contributed by atoms with Crippen molar-refractivity contribution in [3.8, 4) is 0 Å². The third-order valence-electron chi connectivity index (χ3n) is 3.91. The van der Waals surface area contributed by atoms with Crippen molar-refractivity contribution in [3.63, 3.8) is 0 Å². The average Bonchev–Trinajstić information content (AvgIpc) is 2.87. The monoisotopic (exact) mass is 308 g/mol. The maximum absolute atomic E-state index is 11.6. The molecule has 21 heavy (non-hydrogen) atoms. The molecule has 0 bridgehead atoms. The van der Waals surface area contributed by atoms with Crippen LogP contribution in [0, 0.1) is 0 Å². The lowest BCUT2D eigenvalue weighted by atomic mass is 10.0. The van der Waals surface area contributed by atoms with Gasteiger partial charge in [0.1, 0.15) is 5.82 Å². The number of benzene rings is 1. The van der Waals surface area contributed by atoms with Crippen LogP contribution >= 0.6 is 0 Å². The van der Waals surface area contributed by atoms with E-state index in [0.717, 1.165) is 49.1 Å². The Bertz CT molecular complexity index is 730. The molecule has 2 heterocycles. The van der Waals surface area contributed by atoms with E-state index in [1.807, 2.05) is 0 Å². The van der Waals surface area contributed by atoms with Gasteiger partial charge in [0.15, 0.2) is 9.84 Å². The van der Waals surface area contributed by atoms with Crippen molar-refractivity contribution >= 4 is 20.9 Å². The highest BCUT2D eigenvalue weighted by Crippen LogP contribution is 2.20. The number of aromatic amines is 1. The van der Waals surface area contributed by atoms with Crippen molar-refractivity contribution in [2.75, 3.05) is 12.9 Å². The molecule has 1 aromatic carbocycles. The van der Waals surface area contributed by atoms with E-state index in [0.29, 0.717) is 11.0 Å². The number of H-pyrrole nitrogens is 1. The van der Waals surface area contributed by atoms with Crippen molar-refractivity contribution in [1.29, 1.82) is 0 Å². The summed E-state index contributed by atoms with van der Waals surface area (Å²) in [7, 11) is -3.18. The number of fused-ring (bicyclic) bond motifs is 1. The third-order valence-corrected chi connectivity index (χ3v) is 5.02. The fourth-order valence-electron chi connectivity index (χ4n) is 2.72. The van der Waals surface area contributed by atoms with Crippen molar-refractivity contribution in [1.82, 2.24) is 9.97 Å². The van der Waals surface area contributed by atoms with Gasteiger partial charge in [0.2, 0.25) is 0 Å². The van der Waals surface area contributed by atoms with Gasteiger partial charge in [0.05, 0.1) is 22.0 Å². The van der Waals surface area contributed by atoms with Crippen LogP contribution in [0.3, 0.4) is 0 Å². The van der Waals surface area contributed by atoms with Crippen molar-refractivity contribution in [2.24, 2.45) is 0 Å². The Kier molecular flexibility index (Phi) is 3.99. The normalized spacial score (nSPS) is 20.0. The molecule has 1 fully saturated rings. The van der Waals surface area contributed by atoms with Crippen LogP contribution in [0.15, 0.2) is 23.1 Å². The van der Waals surface area contributed by atoms with Crippen LogP contribution in [0.4, 0.5) is 0 Å². The Hall–Kier alpha value is -1.40. The second-order valence-corrected chi connectivity index (χ2v) is 7.68. The van der Waals surface area contributed by atoms with Crippen LogP contribution < -0.4 is 0 Å². The van der Waals surface area contributed by atoms with Crippen molar-refractivity contribution < 1.29 is 13.2 Å². The summed E-state index contributed by atoms with van der Waals surface area (Å²) in [6.07, 6.45) is 6.85. The highest BCUT2D eigenvalue weighted by atomic mass is 32.2. The number of aryl methyl sites for hydroxylation is 1. The van der Waals surface area contributed by atoms with E-state index in [-0.39, 0.29) is 0 Å². The predicted octanol–water partition coefficient (Wildman–Crippen LogP) is 2.47. The molecule has 0 aliphatic carbocycles. The second kappa shape index (κ2) is 5.77. The first kappa shape index (κ1) is 14.5. The van der Waals surface area contributed by atoms with E-state index < -0.39 is 9.84 Å². The van der Waals surface area contributed by atoms with Crippen molar-refractivity contribution in [2.45, 2.75) is 43.1 Å². The Morgan fingerprint density at radius 1 is 1.38 bits per heavy atom. The van der Waals surface area contributed by atoms with Gasteiger partial charge in [-0.1, -0.05) is 0 Å². The van der Waals surface area contributed by atoms with Gasteiger partial charge in [-0.15, -0.1) is 0 Å². The summed E-state index contributed by atoms with van der Waals surface area (Å²) in [5, 5.41) is 0. The molecule has 3 rings (SSSR count). The summed E-state index contributed by atoms with van der Waals surface area (Å²) >= 11 is 0. The minimum Gasteiger partial charge on any atom is -0.378 e. The zero-order valence-electron chi connectivity index (χ0n) is 12.1. The number of imidazole rings is 1. The van der Waals surface area contributed by atoms with E-state index in [2.05, 4.69) is 9.97 Å². The second-order valence-electron chi connectivity index (χ2n) is 5.66. The van der Waals surface area contributed by atoms with E-state index in [1.165, 1.54) is 12.7 Å². The van der Waals surface area contributed by atoms with Crippen molar-refractivity contribution in [3.05, 3.63) is 24.0 Å². The number of hydrogen-bond acceptors (Lipinski definition) is 4. The molecule has 6 heteroatoms. The van der Waals surface area contributed by atoms with Gasteiger partial charge in [0, 0.05) is 19.3 Å². The molecule has 1 atom stereocenters. The number of ether oxygens (including phenoxy) is 1. The molecule has 1 saturated heterocycles. The first-order valence-corrected chi connectivity index (χ1v) is 9.22. The Labute approximate surface area is 124 Å². The van der Waals surface area contributed by atoms with Gasteiger partial charge in [-0.05, 0) is 43.9 Å². The lowest BCUT2D eigenvalue weighted by Crippen LogP contribution is -2.19. The van der Waals surface area contributed by atoms with E-state index in [1.54, 1.807) is 18.2 Å². The molecule has 5 nitrogen and oxygen atoms in total. The fraction of sp³-hybridized carbons (Fsp3) is 0.533. The first-order valence-electron chi connectivity index (χ1n) is 7.33. The topological polar surface area (TPSA) is 72.1 Å². The summed E-state index contributed by atoms with van der Waals surface area (Å²) in [5.74, 6) is 0.893. The molecule has 0 saturated carbocycles. The lowest BCUT2D eigenvalue weighted by molar-refractivity contribution is 0.0112. The molecular weight excluding hydrogens is 288 g/mol. The molecule has 1 aliphatic heterocycles. The van der Waals surface area contributed by atoms with Gasteiger partial charge < -0.3 is 9.72 Å². The number of rotatable bonds is 4. The molecule has 0 radical (unpaired) electrons. The summed E-state index contributed by atoms with van der Waals surface area (Å²) in [4.78, 5) is 8.05. The Morgan fingerprint density at radius 2 is 2.24 bits per heavy atom. The third kappa shape index (κ3) is 3.44. The molecule has 1 unspecified atom stereocenters. The summed E-state index contributed by atoms with van der Waals surface area (Å²) < 4.78 is 28.8. The van der Waals surface area contributed by atoms with Crippen LogP contribution in [0.5, 0.6) is 0 Å². The quantitative estimate of drug-likeness (QED) is 0.942. The molecule has 1 N–H and O–H groups in total. The van der Waals surface area contributed by atoms with Crippen LogP contribution in [0.25, 0.3) is 11.0 Å². The Morgan fingerprint density at radius 3 is 2.95 bits per heavy atom. The largest absolute Gasteiger partial charge is 0.378 e. The number of hydrogen-bond donors (Lipinski definition) is 1. The van der Waals surface area contributed by atoms with Crippen LogP contribution in [0.1, 0.15) is 31.5 Å². The standard InChI is InChI=1S/C15H20N2O3S/c1-21(18,19)12-6-7-13-14(10-12)17-15(16-13)8-5-11-4-2-3-9-20-11/h6-7,10-11H,2-5,8-9H2,1H3,(H,16,17). The first-order chi connectivity index (χ1) is 10.0. The number of aromatic nitrogens is 2. The minimum atomic E-state index is -3.18. The minimum absolute atomic E-state index is 0.320. The lowest BCUT2D eigenvalue weighted by Gasteiger charge is -2.21. The molecule has 0 amide bonds. The maximum atomic E-state index is 11.6. The molecule has 1 aromatic heterocycles. The van der Waals surface area contributed by atoms with Gasteiger partial charge in [-0.25, -0.2) is 13.4 Å². The highest BCUT2D eigenvalue weighted by Gasteiger charge is 2.15. The van der Waals surface area contributed by atoms with E-state index >= 15 is 0 Å². The highest BCUT2D eigenvalue weighted by molar-refractivity contribution is 7.90. The van der Waals surface area contributed by atoms with Gasteiger partial charge >= 0.3 is 0 Å². The zero-order valence-corrected chi connectivity index (χ0v) is 12.9. The molecule has 1 aliphatic rings. The van der Waals surface area contributed by atoms with Gasteiger partial charge in [-0.2, -0.15) is 0 Å². The number of nitrogens with one attached hydrogen (secondary N) is 1. The number of sulfone groups is 1. The Balaban J connectivity index is 1.74.